The van der Waals surface area contributed by atoms with Crippen LogP contribution in [0.15, 0.2) is 21.4 Å². The minimum absolute atomic E-state index is 0.0553. The third-order valence-electron chi connectivity index (χ3n) is 3.24. The fourth-order valence-corrected chi connectivity index (χ4v) is 3.52. The molecule has 0 fully saturated rings. The normalized spacial score (nSPS) is 13.1. The third-order valence-corrected chi connectivity index (χ3v) is 4.73. The number of aromatic nitrogens is 2. The summed E-state index contributed by atoms with van der Waals surface area (Å²) >= 11 is 5.28. The summed E-state index contributed by atoms with van der Waals surface area (Å²) in [4.78, 5) is 2.14. The number of nitrogens with zero attached hydrogens (tertiary/aromatic N) is 3. The number of nitrogens with two attached hydrogens (primary N) is 1. The second-order valence-corrected chi connectivity index (χ2v) is 6.61. The molecule has 3 N–H and O–H groups in total. The van der Waals surface area contributed by atoms with Gasteiger partial charge in [0, 0.05) is 6.54 Å². The van der Waals surface area contributed by atoms with Gasteiger partial charge in [-0.1, -0.05) is 0 Å². The van der Waals surface area contributed by atoms with E-state index in [4.69, 9.17) is 5.84 Å². The van der Waals surface area contributed by atoms with Crippen LogP contribution in [-0.4, -0.2) is 35.3 Å². The van der Waals surface area contributed by atoms with Crippen molar-refractivity contribution < 1.29 is 0 Å². The quantitative estimate of drug-likeness (QED) is 0.614. The molecular weight excluding hydrogens is 338 g/mol. The Labute approximate surface area is 131 Å². The Kier molecular flexibility index (Phi) is 5.34. The number of hydrogen-bond acceptors (Lipinski definition) is 5. The summed E-state index contributed by atoms with van der Waals surface area (Å²) in [5.74, 6) is 5.80. The Hall–Kier alpha value is -0.730. The first-order valence-corrected chi connectivity index (χ1v) is 8.13. The van der Waals surface area contributed by atoms with Crippen molar-refractivity contribution >= 4 is 27.3 Å². The highest BCUT2D eigenvalue weighted by Crippen LogP contribution is 2.31. The Morgan fingerprint density at radius 2 is 2.25 bits per heavy atom. The molecule has 2 heterocycles. The van der Waals surface area contributed by atoms with Crippen molar-refractivity contribution in [2.75, 3.05) is 20.6 Å². The van der Waals surface area contributed by atoms with E-state index in [1.807, 2.05) is 10.9 Å². The number of hydrazine groups is 1. The second-order valence-electron chi connectivity index (χ2n) is 5.01. The van der Waals surface area contributed by atoms with E-state index >= 15 is 0 Å². The fourth-order valence-electron chi connectivity index (χ4n) is 2.11. The van der Waals surface area contributed by atoms with Gasteiger partial charge in [-0.15, -0.1) is 0 Å². The van der Waals surface area contributed by atoms with Crippen molar-refractivity contribution in [3.05, 3.63) is 38.3 Å². The van der Waals surface area contributed by atoms with E-state index in [1.165, 1.54) is 11.1 Å². The van der Waals surface area contributed by atoms with Crippen LogP contribution in [0.4, 0.5) is 0 Å². The molecule has 0 spiro atoms. The van der Waals surface area contributed by atoms with Gasteiger partial charge in [0.15, 0.2) is 0 Å². The summed E-state index contributed by atoms with van der Waals surface area (Å²) in [6.45, 7) is 3.86. The van der Waals surface area contributed by atoms with Crippen LogP contribution in [0.5, 0.6) is 0 Å². The number of aryl methyl sites for hydroxylation is 1. The minimum atomic E-state index is -0.0553. The molecule has 7 heteroatoms. The van der Waals surface area contributed by atoms with Crippen molar-refractivity contribution in [3.63, 3.8) is 0 Å². The largest absolute Gasteiger partial charge is 0.308 e. The van der Waals surface area contributed by atoms with Gasteiger partial charge in [-0.05, 0) is 58.8 Å². The van der Waals surface area contributed by atoms with Crippen LogP contribution < -0.4 is 11.3 Å². The maximum Gasteiger partial charge on any atom is 0.0900 e. The van der Waals surface area contributed by atoms with Crippen molar-refractivity contribution in [3.8, 4) is 0 Å². The predicted octanol–water partition coefficient (Wildman–Crippen LogP) is 2.13. The molecule has 0 saturated heterocycles. The van der Waals surface area contributed by atoms with E-state index < -0.39 is 0 Å². The van der Waals surface area contributed by atoms with E-state index in [2.05, 4.69) is 63.1 Å². The molecule has 1 atom stereocenters. The molecule has 110 valence electrons. The molecule has 0 amide bonds. The SMILES string of the molecule is Cc1cscc1C(NN)c1c(Br)cnn1CCN(C)C. The number of halogens is 1. The minimum Gasteiger partial charge on any atom is -0.308 e. The molecule has 1 unspecified atom stereocenters. The Morgan fingerprint density at radius 1 is 1.50 bits per heavy atom. The highest BCUT2D eigenvalue weighted by Gasteiger charge is 2.22. The fraction of sp³-hybridized carbons (Fsp3) is 0.462. The van der Waals surface area contributed by atoms with Gasteiger partial charge in [0.05, 0.1) is 29.0 Å². The van der Waals surface area contributed by atoms with Gasteiger partial charge < -0.3 is 4.90 Å². The lowest BCUT2D eigenvalue weighted by atomic mass is 10.0. The second kappa shape index (κ2) is 6.82. The standard InChI is InChI=1S/C13H20BrN5S/c1-9-7-20-8-10(9)12(17-15)13-11(14)6-16-19(13)5-4-18(2)3/h6-8,12,17H,4-5,15H2,1-3H3. The summed E-state index contributed by atoms with van der Waals surface area (Å²) < 4.78 is 2.98. The summed E-state index contributed by atoms with van der Waals surface area (Å²) in [5.41, 5.74) is 6.42. The first-order chi connectivity index (χ1) is 9.54. The van der Waals surface area contributed by atoms with Crippen molar-refractivity contribution in [1.82, 2.24) is 20.1 Å². The van der Waals surface area contributed by atoms with E-state index in [0.29, 0.717) is 0 Å². The van der Waals surface area contributed by atoms with Gasteiger partial charge in [0.25, 0.3) is 0 Å². The van der Waals surface area contributed by atoms with Gasteiger partial charge in [0.2, 0.25) is 0 Å². The Morgan fingerprint density at radius 3 is 2.80 bits per heavy atom. The topological polar surface area (TPSA) is 59.1 Å². The highest BCUT2D eigenvalue weighted by molar-refractivity contribution is 9.10. The molecule has 2 aromatic rings. The summed E-state index contributed by atoms with van der Waals surface area (Å²) in [6, 6.07) is -0.0553. The number of nitrogens with one attached hydrogen (secondary N) is 1. The molecule has 0 aliphatic carbocycles. The van der Waals surface area contributed by atoms with Gasteiger partial charge in [0.1, 0.15) is 0 Å². The molecule has 0 aliphatic rings. The van der Waals surface area contributed by atoms with Crippen LogP contribution in [0.1, 0.15) is 22.9 Å². The number of hydrogen-bond donors (Lipinski definition) is 2. The van der Waals surface area contributed by atoms with Crippen LogP contribution in [0.25, 0.3) is 0 Å². The molecule has 0 radical (unpaired) electrons. The molecule has 5 nitrogen and oxygen atoms in total. The monoisotopic (exact) mass is 357 g/mol. The first kappa shape index (κ1) is 15.7. The number of likely N-dealkylation sites (N-methyl/N-ethyl adjacent to an activating group) is 1. The zero-order chi connectivity index (χ0) is 14.7. The maximum absolute atomic E-state index is 5.80. The van der Waals surface area contributed by atoms with Crippen LogP contribution in [0, 0.1) is 6.92 Å². The predicted molar refractivity (Wildman–Crippen MR) is 86.7 cm³/mol. The number of thiophene rings is 1. The lowest BCUT2D eigenvalue weighted by Crippen LogP contribution is -2.32. The summed E-state index contributed by atoms with van der Waals surface area (Å²) in [5, 5.41) is 8.71. The molecule has 0 aliphatic heterocycles. The Balaban J connectivity index is 2.34. The Bertz CT molecular complexity index is 563. The van der Waals surface area contributed by atoms with Crippen molar-refractivity contribution in [2.24, 2.45) is 5.84 Å². The smallest absolute Gasteiger partial charge is 0.0900 e. The lowest BCUT2D eigenvalue weighted by Gasteiger charge is -2.20. The van der Waals surface area contributed by atoms with Gasteiger partial charge in [-0.3, -0.25) is 10.5 Å². The van der Waals surface area contributed by atoms with Gasteiger partial charge in [-0.2, -0.15) is 16.4 Å². The van der Waals surface area contributed by atoms with E-state index in [9.17, 15) is 0 Å². The molecule has 2 rings (SSSR count). The molecular formula is C13H20BrN5S. The molecule has 2 aromatic heterocycles. The lowest BCUT2D eigenvalue weighted by molar-refractivity contribution is 0.365. The van der Waals surface area contributed by atoms with Crippen LogP contribution in [0.2, 0.25) is 0 Å². The number of rotatable bonds is 6. The van der Waals surface area contributed by atoms with E-state index in [1.54, 1.807) is 11.3 Å². The average molecular weight is 358 g/mol. The van der Waals surface area contributed by atoms with E-state index in [-0.39, 0.29) is 6.04 Å². The third kappa shape index (κ3) is 3.29. The molecule has 20 heavy (non-hydrogen) atoms. The van der Waals surface area contributed by atoms with Crippen LogP contribution in [0.3, 0.4) is 0 Å². The zero-order valence-corrected chi connectivity index (χ0v) is 14.3. The highest BCUT2D eigenvalue weighted by atomic mass is 79.9. The van der Waals surface area contributed by atoms with Crippen LogP contribution in [-0.2, 0) is 6.54 Å². The van der Waals surface area contributed by atoms with Gasteiger partial charge >= 0.3 is 0 Å². The molecule has 0 aromatic carbocycles. The summed E-state index contributed by atoms with van der Waals surface area (Å²) in [6.07, 6.45) is 1.83. The zero-order valence-electron chi connectivity index (χ0n) is 11.9. The van der Waals surface area contributed by atoms with Gasteiger partial charge in [-0.25, -0.2) is 5.43 Å². The first-order valence-electron chi connectivity index (χ1n) is 6.39. The van der Waals surface area contributed by atoms with Crippen molar-refractivity contribution in [1.29, 1.82) is 0 Å². The van der Waals surface area contributed by atoms with Crippen LogP contribution >= 0.6 is 27.3 Å². The average Bonchev–Trinajstić information content (AvgIpc) is 2.97. The molecule has 0 bridgehead atoms. The van der Waals surface area contributed by atoms with E-state index in [0.717, 1.165) is 23.3 Å². The summed E-state index contributed by atoms with van der Waals surface area (Å²) in [7, 11) is 4.11. The maximum atomic E-state index is 5.80. The molecule has 0 saturated carbocycles. The van der Waals surface area contributed by atoms with Crippen molar-refractivity contribution in [2.45, 2.75) is 19.5 Å².